The van der Waals surface area contributed by atoms with Crippen molar-refractivity contribution >= 4 is 12.2 Å². The summed E-state index contributed by atoms with van der Waals surface area (Å²) in [6.07, 6.45) is 0.852. The van der Waals surface area contributed by atoms with Crippen LogP contribution in [0.2, 0.25) is 0 Å². The molecule has 1 spiro atoms. The van der Waals surface area contributed by atoms with Gasteiger partial charge < -0.3 is 19.7 Å². The highest BCUT2D eigenvalue weighted by atomic mass is 16.6. The minimum atomic E-state index is -0.563. The van der Waals surface area contributed by atoms with Gasteiger partial charge in [-0.05, 0) is 33.6 Å². The van der Waals surface area contributed by atoms with E-state index in [4.69, 9.17) is 9.47 Å². The van der Waals surface area contributed by atoms with Crippen LogP contribution in [-0.2, 0) is 9.47 Å². The number of likely N-dealkylation sites (tertiary alicyclic amines) is 1. The van der Waals surface area contributed by atoms with E-state index in [2.05, 4.69) is 5.32 Å². The summed E-state index contributed by atoms with van der Waals surface area (Å²) in [5.74, 6) is 0. The number of hydrogen-bond acceptors (Lipinski definition) is 4. The number of nitrogens with zero attached hydrogens (tertiary/aromatic N) is 1. The predicted octanol–water partition coefficient (Wildman–Crippen LogP) is 1.50. The van der Waals surface area contributed by atoms with Gasteiger partial charge in [-0.3, -0.25) is 0 Å². The van der Waals surface area contributed by atoms with Crippen molar-refractivity contribution in [2.45, 2.75) is 44.8 Å². The Balaban J connectivity index is 1.99. The number of hydrogen-bond donors (Lipinski definition) is 1. The van der Waals surface area contributed by atoms with E-state index in [-0.39, 0.29) is 6.09 Å². The van der Waals surface area contributed by atoms with Crippen LogP contribution >= 0.6 is 0 Å². The lowest BCUT2D eigenvalue weighted by Gasteiger charge is -2.38. The summed E-state index contributed by atoms with van der Waals surface area (Å²) in [7, 11) is 0. The number of rotatable bonds is 0. The Hall–Kier alpha value is -1.46. The standard InChI is InChI=1S/C12H20N2O4/c1-11(2,3)18-10(16)14-6-4-5-12(8-14)7-13-9(15)17-12/h4-8H2,1-3H3,(H,13,15)/t12-/m1/s1. The van der Waals surface area contributed by atoms with E-state index in [9.17, 15) is 9.59 Å². The third-order valence-corrected chi connectivity index (χ3v) is 3.06. The highest BCUT2D eigenvalue weighted by Crippen LogP contribution is 2.28. The number of alkyl carbamates (subject to hydrolysis) is 1. The van der Waals surface area contributed by atoms with Gasteiger partial charge >= 0.3 is 12.2 Å². The summed E-state index contributed by atoms with van der Waals surface area (Å²) in [6, 6.07) is 0. The quantitative estimate of drug-likeness (QED) is 0.713. The molecule has 2 aliphatic rings. The molecule has 1 atom stereocenters. The zero-order chi connectivity index (χ0) is 13.4. The van der Waals surface area contributed by atoms with Gasteiger partial charge in [0.1, 0.15) is 11.2 Å². The monoisotopic (exact) mass is 256 g/mol. The van der Waals surface area contributed by atoms with Crippen LogP contribution in [0.15, 0.2) is 0 Å². The first-order valence-electron chi connectivity index (χ1n) is 6.25. The second-order valence-electron chi connectivity index (χ2n) is 5.93. The lowest BCUT2D eigenvalue weighted by Crippen LogP contribution is -2.53. The van der Waals surface area contributed by atoms with Gasteiger partial charge in [0.05, 0.1) is 13.1 Å². The molecule has 0 unspecified atom stereocenters. The maximum absolute atomic E-state index is 12.0. The second kappa shape index (κ2) is 4.33. The first kappa shape index (κ1) is 13.0. The first-order valence-corrected chi connectivity index (χ1v) is 6.25. The van der Waals surface area contributed by atoms with E-state index in [1.807, 2.05) is 20.8 Å². The van der Waals surface area contributed by atoms with E-state index in [0.717, 1.165) is 12.8 Å². The number of nitrogens with one attached hydrogen (secondary N) is 1. The Bertz CT molecular complexity index is 364. The molecule has 2 heterocycles. The van der Waals surface area contributed by atoms with Gasteiger partial charge in [0.25, 0.3) is 0 Å². The molecule has 2 saturated heterocycles. The summed E-state index contributed by atoms with van der Waals surface area (Å²) in [6.45, 7) is 7.02. The Morgan fingerprint density at radius 2 is 2.22 bits per heavy atom. The summed E-state index contributed by atoms with van der Waals surface area (Å²) in [5, 5.41) is 2.65. The predicted molar refractivity (Wildman–Crippen MR) is 64.3 cm³/mol. The van der Waals surface area contributed by atoms with E-state index < -0.39 is 17.3 Å². The molecule has 0 aromatic heterocycles. The van der Waals surface area contributed by atoms with Crippen molar-refractivity contribution in [1.29, 1.82) is 0 Å². The summed E-state index contributed by atoms with van der Waals surface area (Å²) in [4.78, 5) is 24.8. The SMILES string of the molecule is CC(C)(C)OC(=O)N1CCC[C@@]2(CNC(=O)O2)C1. The Labute approximate surface area is 107 Å². The van der Waals surface area contributed by atoms with Gasteiger partial charge in [-0.25, -0.2) is 9.59 Å². The molecule has 2 amide bonds. The highest BCUT2D eigenvalue weighted by molar-refractivity contribution is 5.71. The van der Waals surface area contributed by atoms with Crippen LogP contribution in [-0.4, -0.2) is 47.9 Å². The molecular formula is C12H20N2O4. The molecule has 0 radical (unpaired) electrons. The molecule has 18 heavy (non-hydrogen) atoms. The van der Waals surface area contributed by atoms with Gasteiger partial charge in [0.15, 0.2) is 0 Å². The van der Waals surface area contributed by atoms with E-state index in [0.29, 0.717) is 19.6 Å². The minimum Gasteiger partial charge on any atom is -0.444 e. The van der Waals surface area contributed by atoms with Crippen molar-refractivity contribution in [3.8, 4) is 0 Å². The molecule has 0 aromatic carbocycles. The second-order valence-corrected chi connectivity index (χ2v) is 5.93. The fourth-order valence-electron chi connectivity index (χ4n) is 2.31. The Morgan fingerprint density at radius 1 is 1.50 bits per heavy atom. The van der Waals surface area contributed by atoms with E-state index in [1.165, 1.54) is 0 Å². The summed E-state index contributed by atoms with van der Waals surface area (Å²) >= 11 is 0. The smallest absolute Gasteiger partial charge is 0.410 e. The van der Waals surface area contributed by atoms with Crippen LogP contribution in [0.5, 0.6) is 0 Å². The van der Waals surface area contributed by atoms with Crippen LogP contribution in [0.3, 0.4) is 0 Å². The lowest BCUT2D eigenvalue weighted by molar-refractivity contribution is -0.0276. The van der Waals surface area contributed by atoms with Crippen molar-refractivity contribution in [1.82, 2.24) is 10.2 Å². The molecule has 0 aliphatic carbocycles. The fraction of sp³-hybridized carbons (Fsp3) is 0.833. The third-order valence-electron chi connectivity index (χ3n) is 3.06. The lowest BCUT2D eigenvalue weighted by atomic mass is 9.93. The van der Waals surface area contributed by atoms with Crippen molar-refractivity contribution < 1.29 is 19.1 Å². The normalized spacial score (nSPS) is 27.9. The molecule has 0 saturated carbocycles. The molecule has 2 rings (SSSR count). The maximum atomic E-state index is 12.0. The van der Waals surface area contributed by atoms with E-state index >= 15 is 0 Å². The molecule has 1 N–H and O–H groups in total. The van der Waals surface area contributed by atoms with Gasteiger partial charge in [-0.15, -0.1) is 0 Å². The highest BCUT2D eigenvalue weighted by Gasteiger charge is 2.45. The molecule has 0 bridgehead atoms. The van der Waals surface area contributed by atoms with Crippen LogP contribution in [0.4, 0.5) is 9.59 Å². The van der Waals surface area contributed by atoms with Crippen molar-refractivity contribution in [2.24, 2.45) is 0 Å². The largest absolute Gasteiger partial charge is 0.444 e. The van der Waals surface area contributed by atoms with E-state index in [1.54, 1.807) is 4.90 Å². The van der Waals surface area contributed by atoms with Crippen molar-refractivity contribution in [3.63, 3.8) is 0 Å². The number of carbonyl (C=O) groups is 2. The van der Waals surface area contributed by atoms with Crippen molar-refractivity contribution in [3.05, 3.63) is 0 Å². The van der Waals surface area contributed by atoms with Crippen LogP contribution in [0.1, 0.15) is 33.6 Å². The molecular weight excluding hydrogens is 236 g/mol. The summed E-state index contributed by atoms with van der Waals surface area (Å²) < 4.78 is 10.6. The molecule has 2 aliphatic heterocycles. The maximum Gasteiger partial charge on any atom is 0.410 e. The zero-order valence-electron chi connectivity index (χ0n) is 11.1. The summed E-state index contributed by atoms with van der Waals surface area (Å²) in [5.41, 5.74) is -1.07. The average molecular weight is 256 g/mol. The minimum absolute atomic E-state index is 0.343. The van der Waals surface area contributed by atoms with Crippen LogP contribution in [0, 0.1) is 0 Å². The van der Waals surface area contributed by atoms with Gasteiger partial charge in [0.2, 0.25) is 0 Å². The average Bonchev–Trinajstić information content (AvgIpc) is 2.57. The zero-order valence-corrected chi connectivity index (χ0v) is 11.1. The fourth-order valence-corrected chi connectivity index (χ4v) is 2.31. The topological polar surface area (TPSA) is 67.9 Å². The third kappa shape index (κ3) is 2.86. The molecule has 0 aromatic rings. The Kier molecular flexibility index (Phi) is 3.12. The molecule has 102 valence electrons. The molecule has 6 heteroatoms. The number of piperidine rings is 1. The first-order chi connectivity index (χ1) is 8.30. The number of amides is 2. The van der Waals surface area contributed by atoms with Crippen LogP contribution in [0.25, 0.3) is 0 Å². The number of carbonyl (C=O) groups excluding carboxylic acids is 2. The van der Waals surface area contributed by atoms with Crippen LogP contribution < -0.4 is 5.32 Å². The van der Waals surface area contributed by atoms with Gasteiger partial charge in [-0.2, -0.15) is 0 Å². The number of ether oxygens (including phenoxy) is 2. The molecule has 2 fully saturated rings. The van der Waals surface area contributed by atoms with Gasteiger partial charge in [-0.1, -0.05) is 0 Å². The van der Waals surface area contributed by atoms with Crippen molar-refractivity contribution in [2.75, 3.05) is 19.6 Å². The van der Waals surface area contributed by atoms with Gasteiger partial charge in [0, 0.05) is 6.54 Å². The molecule has 6 nitrogen and oxygen atoms in total. The Morgan fingerprint density at radius 3 is 2.78 bits per heavy atom.